The molecular formula is C15H19NO2S. The molecule has 0 unspecified atom stereocenters. The molecule has 102 valence electrons. The maximum absolute atomic E-state index is 12.4. The fourth-order valence-corrected chi connectivity index (χ4v) is 3.23. The van der Waals surface area contributed by atoms with E-state index >= 15 is 0 Å². The van der Waals surface area contributed by atoms with E-state index in [2.05, 4.69) is 11.8 Å². The summed E-state index contributed by atoms with van der Waals surface area (Å²) in [5.41, 5.74) is 0.709. The van der Waals surface area contributed by atoms with Crippen LogP contribution in [0.15, 0.2) is 11.4 Å². The Morgan fingerprint density at radius 1 is 1.47 bits per heavy atom. The van der Waals surface area contributed by atoms with Gasteiger partial charge in [-0.15, -0.1) is 11.3 Å². The van der Waals surface area contributed by atoms with Crippen molar-refractivity contribution in [3.63, 3.8) is 0 Å². The average molecular weight is 277 g/mol. The molecule has 3 nitrogen and oxygen atoms in total. The molecule has 0 atom stereocenters. The smallest absolute Gasteiger partial charge is 0.254 e. The summed E-state index contributed by atoms with van der Waals surface area (Å²) in [4.78, 5) is 15.1. The first kappa shape index (κ1) is 14.1. The van der Waals surface area contributed by atoms with Crippen molar-refractivity contribution in [3.8, 4) is 11.8 Å². The number of thiophene rings is 1. The lowest BCUT2D eigenvalue weighted by atomic mass is 9.94. The molecular weight excluding hydrogens is 258 g/mol. The average Bonchev–Trinajstić information content (AvgIpc) is 2.93. The van der Waals surface area contributed by atoms with Crippen LogP contribution in [0.25, 0.3) is 0 Å². The van der Waals surface area contributed by atoms with Crippen LogP contribution in [0.2, 0.25) is 0 Å². The van der Waals surface area contributed by atoms with E-state index in [9.17, 15) is 4.79 Å². The summed E-state index contributed by atoms with van der Waals surface area (Å²) in [6.45, 7) is -0.150. The van der Waals surface area contributed by atoms with Crippen LogP contribution in [-0.2, 0) is 0 Å². The molecule has 0 bridgehead atoms. The number of hydrogen-bond donors (Lipinski definition) is 1. The monoisotopic (exact) mass is 277 g/mol. The third kappa shape index (κ3) is 3.59. The van der Waals surface area contributed by atoms with E-state index in [1.165, 1.54) is 30.6 Å². The summed E-state index contributed by atoms with van der Waals surface area (Å²) in [5.74, 6) is 5.52. The van der Waals surface area contributed by atoms with E-state index in [0.29, 0.717) is 11.6 Å². The molecule has 1 amide bonds. The van der Waals surface area contributed by atoms with Crippen molar-refractivity contribution in [1.82, 2.24) is 4.90 Å². The molecule has 0 aromatic carbocycles. The van der Waals surface area contributed by atoms with Crippen LogP contribution in [-0.4, -0.2) is 35.6 Å². The van der Waals surface area contributed by atoms with E-state index in [1.807, 2.05) is 23.4 Å². The Morgan fingerprint density at radius 3 is 2.89 bits per heavy atom. The Labute approximate surface area is 118 Å². The van der Waals surface area contributed by atoms with Gasteiger partial charge in [0.1, 0.15) is 6.61 Å². The Kier molecular flexibility index (Phi) is 5.00. The van der Waals surface area contributed by atoms with Gasteiger partial charge in [0, 0.05) is 18.5 Å². The van der Waals surface area contributed by atoms with Crippen molar-refractivity contribution in [2.24, 2.45) is 0 Å². The van der Waals surface area contributed by atoms with Gasteiger partial charge in [-0.3, -0.25) is 4.79 Å². The molecule has 1 aliphatic carbocycles. The van der Waals surface area contributed by atoms with Gasteiger partial charge in [-0.1, -0.05) is 31.1 Å². The van der Waals surface area contributed by atoms with E-state index in [-0.39, 0.29) is 12.5 Å². The Bertz CT molecular complexity index is 492. The molecule has 0 spiro atoms. The molecule has 1 saturated carbocycles. The highest BCUT2D eigenvalue weighted by atomic mass is 32.1. The number of amides is 1. The van der Waals surface area contributed by atoms with E-state index in [4.69, 9.17) is 5.11 Å². The van der Waals surface area contributed by atoms with Crippen LogP contribution in [0.4, 0.5) is 0 Å². The quantitative estimate of drug-likeness (QED) is 0.844. The molecule has 1 aromatic heterocycles. The van der Waals surface area contributed by atoms with Gasteiger partial charge in [0.2, 0.25) is 0 Å². The van der Waals surface area contributed by atoms with Crippen molar-refractivity contribution in [3.05, 3.63) is 21.9 Å². The van der Waals surface area contributed by atoms with Crippen LogP contribution in [0.3, 0.4) is 0 Å². The zero-order chi connectivity index (χ0) is 13.7. The zero-order valence-corrected chi connectivity index (χ0v) is 12.0. The van der Waals surface area contributed by atoms with Crippen LogP contribution in [0.1, 0.15) is 47.3 Å². The van der Waals surface area contributed by atoms with Crippen molar-refractivity contribution < 1.29 is 9.90 Å². The summed E-state index contributed by atoms with van der Waals surface area (Å²) in [6.07, 6.45) is 5.96. The number of nitrogens with zero attached hydrogens (tertiary/aromatic N) is 1. The molecule has 4 heteroatoms. The second kappa shape index (κ2) is 6.74. The molecule has 0 aliphatic heterocycles. The minimum absolute atomic E-state index is 0.0835. The second-order valence-electron chi connectivity index (χ2n) is 4.87. The number of hydrogen-bond acceptors (Lipinski definition) is 3. The predicted octanol–water partition coefficient (Wildman–Crippen LogP) is 2.50. The van der Waals surface area contributed by atoms with Gasteiger partial charge >= 0.3 is 0 Å². The standard InChI is InChI=1S/C15H19NO2S/c1-16(13-6-3-2-4-7-13)15(18)12-10-14(19-11-12)8-5-9-17/h10-11,13,17H,2-4,6-7,9H2,1H3. The van der Waals surface area contributed by atoms with Crippen LogP contribution < -0.4 is 0 Å². The van der Waals surface area contributed by atoms with Crippen molar-refractivity contribution in [2.45, 2.75) is 38.1 Å². The van der Waals surface area contributed by atoms with Gasteiger partial charge < -0.3 is 10.0 Å². The fraction of sp³-hybridized carbons (Fsp3) is 0.533. The van der Waals surface area contributed by atoms with Gasteiger partial charge in [0.15, 0.2) is 0 Å². The molecule has 19 heavy (non-hydrogen) atoms. The van der Waals surface area contributed by atoms with Gasteiger partial charge in [0.25, 0.3) is 5.91 Å². The van der Waals surface area contributed by atoms with Crippen molar-refractivity contribution in [1.29, 1.82) is 0 Å². The van der Waals surface area contributed by atoms with Crippen molar-refractivity contribution in [2.75, 3.05) is 13.7 Å². The third-order valence-corrected chi connectivity index (χ3v) is 4.43. The minimum atomic E-state index is -0.150. The number of rotatable bonds is 2. The highest BCUT2D eigenvalue weighted by Crippen LogP contribution is 2.24. The first-order chi connectivity index (χ1) is 9.22. The SMILES string of the molecule is CN(C(=O)c1csc(C#CCO)c1)C1CCCCC1. The molecule has 2 rings (SSSR count). The second-order valence-corrected chi connectivity index (χ2v) is 5.78. The highest BCUT2D eigenvalue weighted by Gasteiger charge is 2.23. The molecule has 1 N–H and O–H groups in total. The Hall–Kier alpha value is -1.31. The molecule has 1 aromatic rings. The van der Waals surface area contributed by atoms with E-state index in [1.54, 1.807) is 0 Å². The number of carbonyl (C=O) groups excluding carboxylic acids is 1. The summed E-state index contributed by atoms with van der Waals surface area (Å²) in [5, 5.41) is 10.5. The van der Waals surface area contributed by atoms with Gasteiger partial charge in [0.05, 0.1) is 10.4 Å². The highest BCUT2D eigenvalue weighted by molar-refractivity contribution is 7.10. The zero-order valence-electron chi connectivity index (χ0n) is 11.2. The molecule has 0 radical (unpaired) electrons. The molecule has 1 aliphatic rings. The lowest BCUT2D eigenvalue weighted by molar-refractivity contribution is 0.0697. The number of aliphatic hydroxyl groups excluding tert-OH is 1. The topological polar surface area (TPSA) is 40.5 Å². The predicted molar refractivity (Wildman–Crippen MR) is 77.2 cm³/mol. The Morgan fingerprint density at radius 2 is 2.21 bits per heavy atom. The normalized spacial score (nSPS) is 15.7. The lowest BCUT2D eigenvalue weighted by Crippen LogP contribution is -2.38. The molecule has 0 saturated heterocycles. The van der Waals surface area contributed by atoms with Crippen LogP contribution in [0, 0.1) is 11.8 Å². The Balaban J connectivity index is 2.03. The first-order valence-corrected chi connectivity index (χ1v) is 7.55. The maximum atomic E-state index is 12.4. The number of carbonyl (C=O) groups is 1. The maximum Gasteiger partial charge on any atom is 0.254 e. The summed E-state index contributed by atoms with van der Waals surface area (Å²) >= 11 is 1.45. The lowest BCUT2D eigenvalue weighted by Gasteiger charge is -2.31. The van der Waals surface area contributed by atoms with E-state index in [0.717, 1.165) is 17.7 Å². The third-order valence-electron chi connectivity index (χ3n) is 3.58. The van der Waals surface area contributed by atoms with Crippen LogP contribution in [0.5, 0.6) is 0 Å². The fourth-order valence-electron chi connectivity index (χ4n) is 2.48. The summed E-state index contributed by atoms with van der Waals surface area (Å²) < 4.78 is 0. The molecule has 1 fully saturated rings. The minimum Gasteiger partial charge on any atom is -0.384 e. The largest absolute Gasteiger partial charge is 0.384 e. The summed E-state index contributed by atoms with van der Waals surface area (Å²) in [7, 11) is 1.90. The van der Waals surface area contributed by atoms with E-state index < -0.39 is 0 Å². The van der Waals surface area contributed by atoms with Gasteiger partial charge in [-0.25, -0.2) is 0 Å². The van der Waals surface area contributed by atoms with Crippen molar-refractivity contribution >= 4 is 17.2 Å². The van der Waals surface area contributed by atoms with Gasteiger partial charge in [-0.2, -0.15) is 0 Å². The summed E-state index contributed by atoms with van der Waals surface area (Å²) in [6, 6.07) is 2.20. The first-order valence-electron chi connectivity index (χ1n) is 6.68. The number of aliphatic hydroxyl groups is 1. The van der Waals surface area contributed by atoms with Gasteiger partial charge in [-0.05, 0) is 18.9 Å². The molecule has 1 heterocycles. The van der Waals surface area contributed by atoms with Crippen LogP contribution >= 0.6 is 11.3 Å².